The van der Waals surface area contributed by atoms with Gasteiger partial charge in [-0.15, -0.1) is 10.2 Å². The Morgan fingerprint density at radius 2 is 1.75 bits per heavy atom. The van der Waals surface area contributed by atoms with Gasteiger partial charge in [-0.1, -0.05) is 0 Å². The third-order valence-corrected chi connectivity index (χ3v) is 3.90. The van der Waals surface area contributed by atoms with Crippen LogP contribution in [0.5, 0.6) is 5.75 Å². The van der Waals surface area contributed by atoms with E-state index in [1.54, 1.807) is 31.4 Å². The minimum absolute atomic E-state index is 0.137. The summed E-state index contributed by atoms with van der Waals surface area (Å²) in [5.41, 5.74) is 0.0618. The van der Waals surface area contributed by atoms with Crippen molar-refractivity contribution in [2.24, 2.45) is 0 Å². The van der Waals surface area contributed by atoms with Crippen LogP contribution in [0, 0.1) is 0 Å². The number of nitrogens with zero attached hydrogens (tertiary/aromatic N) is 2. The predicted octanol–water partition coefficient (Wildman–Crippen LogP) is 3.74. The van der Waals surface area contributed by atoms with E-state index in [9.17, 15) is 18.0 Å². The molecule has 3 rings (SSSR count). The molecule has 0 aliphatic heterocycles. The fraction of sp³-hybridized carbons (Fsp3) is 0.211. The highest BCUT2D eigenvalue weighted by molar-refractivity contribution is 5.94. The van der Waals surface area contributed by atoms with Gasteiger partial charge in [0.2, 0.25) is 11.8 Å². The van der Waals surface area contributed by atoms with Crippen molar-refractivity contribution in [3.63, 3.8) is 0 Å². The molecule has 146 valence electrons. The SMILES string of the molecule is COc1ccc(-c2nnc(CCNC(=O)c3ccc(C(F)(F)F)cc3)o2)cc1. The first-order valence-corrected chi connectivity index (χ1v) is 8.29. The number of halogens is 3. The van der Waals surface area contributed by atoms with E-state index in [2.05, 4.69) is 15.5 Å². The molecule has 2 aromatic carbocycles. The van der Waals surface area contributed by atoms with Gasteiger partial charge in [0.15, 0.2) is 0 Å². The lowest BCUT2D eigenvalue weighted by Crippen LogP contribution is -2.25. The molecule has 0 saturated carbocycles. The maximum absolute atomic E-state index is 12.5. The van der Waals surface area contributed by atoms with E-state index in [4.69, 9.17) is 9.15 Å². The molecule has 0 saturated heterocycles. The second-order valence-corrected chi connectivity index (χ2v) is 5.81. The van der Waals surface area contributed by atoms with Crippen LogP contribution in [-0.2, 0) is 12.6 Å². The molecule has 0 unspecified atom stereocenters. The van der Waals surface area contributed by atoms with E-state index in [0.29, 0.717) is 17.5 Å². The molecule has 0 radical (unpaired) electrons. The summed E-state index contributed by atoms with van der Waals surface area (Å²) < 4.78 is 48.3. The van der Waals surface area contributed by atoms with Crippen LogP contribution >= 0.6 is 0 Å². The third kappa shape index (κ3) is 4.67. The Bertz CT molecular complexity index is 936. The summed E-state index contributed by atoms with van der Waals surface area (Å²) in [5, 5.41) is 10.5. The van der Waals surface area contributed by atoms with Gasteiger partial charge >= 0.3 is 6.18 Å². The highest BCUT2D eigenvalue weighted by Crippen LogP contribution is 2.29. The van der Waals surface area contributed by atoms with Crippen LogP contribution in [0.25, 0.3) is 11.5 Å². The quantitative estimate of drug-likeness (QED) is 0.693. The second-order valence-electron chi connectivity index (χ2n) is 5.81. The minimum atomic E-state index is -4.44. The van der Waals surface area contributed by atoms with E-state index in [-0.39, 0.29) is 18.5 Å². The van der Waals surface area contributed by atoms with E-state index in [1.807, 2.05) is 0 Å². The summed E-state index contributed by atoms with van der Waals surface area (Å²) >= 11 is 0. The van der Waals surface area contributed by atoms with Crippen molar-refractivity contribution in [2.45, 2.75) is 12.6 Å². The molecule has 0 aliphatic carbocycles. The largest absolute Gasteiger partial charge is 0.497 e. The Kier molecular flexibility index (Phi) is 5.62. The highest BCUT2D eigenvalue weighted by atomic mass is 19.4. The summed E-state index contributed by atoms with van der Waals surface area (Å²) in [6, 6.07) is 11.1. The van der Waals surface area contributed by atoms with Crippen LogP contribution in [-0.4, -0.2) is 29.8 Å². The zero-order valence-electron chi connectivity index (χ0n) is 14.8. The average molecular weight is 391 g/mol. The smallest absolute Gasteiger partial charge is 0.416 e. The number of carbonyl (C=O) groups excluding carboxylic acids is 1. The lowest BCUT2D eigenvalue weighted by molar-refractivity contribution is -0.137. The fourth-order valence-corrected chi connectivity index (χ4v) is 2.40. The molecule has 1 aromatic heterocycles. The van der Waals surface area contributed by atoms with Gasteiger partial charge < -0.3 is 14.5 Å². The molecule has 0 fully saturated rings. The number of benzene rings is 2. The van der Waals surface area contributed by atoms with Gasteiger partial charge in [-0.05, 0) is 48.5 Å². The number of methoxy groups -OCH3 is 1. The van der Waals surface area contributed by atoms with Crippen LogP contribution in [0.1, 0.15) is 21.8 Å². The lowest BCUT2D eigenvalue weighted by atomic mass is 10.1. The van der Waals surface area contributed by atoms with Crippen molar-refractivity contribution in [1.82, 2.24) is 15.5 Å². The summed E-state index contributed by atoms with van der Waals surface area (Å²) in [7, 11) is 1.57. The van der Waals surface area contributed by atoms with Crippen molar-refractivity contribution in [3.8, 4) is 17.2 Å². The molecule has 0 spiro atoms. The van der Waals surface area contributed by atoms with Gasteiger partial charge in [0.25, 0.3) is 5.91 Å². The van der Waals surface area contributed by atoms with Crippen molar-refractivity contribution in [3.05, 3.63) is 65.5 Å². The van der Waals surface area contributed by atoms with Crippen LogP contribution in [0.3, 0.4) is 0 Å². The average Bonchev–Trinajstić information content (AvgIpc) is 3.16. The summed E-state index contributed by atoms with van der Waals surface area (Å²) in [4.78, 5) is 12.0. The molecule has 0 atom stereocenters. The number of alkyl halides is 3. The van der Waals surface area contributed by atoms with Gasteiger partial charge in [0, 0.05) is 24.1 Å². The van der Waals surface area contributed by atoms with Crippen LogP contribution < -0.4 is 10.1 Å². The monoisotopic (exact) mass is 391 g/mol. The molecule has 6 nitrogen and oxygen atoms in total. The van der Waals surface area contributed by atoms with Crippen molar-refractivity contribution >= 4 is 5.91 Å². The number of carbonyl (C=O) groups is 1. The maximum Gasteiger partial charge on any atom is 0.416 e. The van der Waals surface area contributed by atoms with Crippen LogP contribution in [0.4, 0.5) is 13.2 Å². The number of ether oxygens (including phenoxy) is 1. The van der Waals surface area contributed by atoms with Gasteiger partial charge in [-0.3, -0.25) is 4.79 Å². The van der Waals surface area contributed by atoms with E-state index in [0.717, 1.165) is 29.8 Å². The van der Waals surface area contributed by atoms with Crippen molar-refractivity contribution in [2.75, 3.05) is 13.7 Å². The Labute approximate surface area is 158 Å². The lowest BCUT2D eigenvalue weighted by Gasteiger charge is -2.07. The van der Waals surface area contributed by atoms with Crippen LogP contribution in [0.15, 0.2) is 52.9 Å². The first-order chi connectivity index (χ1) is 13.4. The summed E-state index contributed by atoms with van der Waals surface area (Å²) in [5.74, 6) is 0.892. The maximum atomic E-state index is 12.5. The number of nitrogens with one attached hydrogen (secondary N) is 1. The van der Waals surface area contributed by atoms with Crippen molar-refractivity contribution in [1.29, 1.82) is 0 Å². The van der Waals surface area contributed by atoms with Gasteiger partial charge in [-0.25, -0.2) is 0 Å². The molecule has 1 amide bonds. The van der Waals surface area contributed by atoms with Gasteiger partial charge in [0.1, 0.15) is 5.75 Å². The molecular weight excluding hydrogens is 375 g/mol. The highest BCUT2D eigenvalue weighted by Gasteiger charge is 2.30. The van der Waals surface area contributed by atoms with Gasteiger partial charge in [-0.2, -0.15) is 13.2 Å². The number of hydrogen-bond donors (Lipinski definition) is 1. The Hall–Kier alpha value is -3.36. The van der Waals surface area contributed by atoms with E-state index in [1.165, 1.54) is 0 Å². The number of amides is 1. The number of rotatable bonds is 6. The van der Waals surface area contributed by atoms with Crippen LogP contribution in [0.2, 0.25) is 0 Å². The predicted molar refractivity (Wildman–Crippen MR) is 93.8 cm³/mol. The Morgan fingerprint density at radius 1 is 1.07 bits per heavy atom. The Balaban J connectivity index is 1.53. The van der Waals surface area contributed by atoms with E-state index < -0.39 is 17.6 Å². The first-order valence-electron chi connectivity index (χ1n) is 8.29. The minimum Gasteiger partial charge on any atom is -0.497 e. The Morgan fingerprint density at radius 3 is 2.36 bits per heavy atom. The standard InChI is InChI=1S/C19H16F3N3O3/c1-27-15-8-4-13(5-9-15)18-25-24-16(28-18)10-11-23-17(26)12-2-6-14(7-3-12)19(20,21)22/h2-9H,10-11H2,1H3,(H,23,26). The zero-order valence-corrected chi connectivity index (χ0v) is 14.8. The normalized spacial score (nSPS) is 11.3. The first kappa shape index (κ1) is 19.4. The molecule has 28 heavy (non-hydrogen) atoms. The number of aromatic nitrogens is 2. The summed E-state index contributed by atoms with van der Waals surface area (Å²) in [6.45, 7) is 0.199. The van der Waals surface area contributed by atoms with Crippen molar-refractivity contribution < 1.29 is 27.1 Å². The van der Waals surface area contributed by atoms with Gasteiger partial charge in [0.05, 0.1) is 12.7 Å². The molecule has 0 aliphatic rings. The molecule has 3 aromatic rings. The van der Waals surface area contributed by atoms with E-state index >= 15 is 0 Å². The molecule has 0 bridgehead atoms. The molecule has 1 N–H and O–H groups in total. The molecule has 9 heteroatoms. The summed E-state index contributed by atoms with van der Waals surface area (Å²) in [6.07, 6.45) is -4.15. The molecular formula is C19H16F3N3O3. The third-order valence-electron chi connectivity index (χ3n) is 3.90. The number of hydrogen-bond acceptors (Lipinski definition) is 5. The fourth-order valence-electron chi connectivity index (χ4n) is 2.40. The topological polar surface area (TPSA) is 77.3 Å². The zero-order chi connectivity index (χ0) is 20.1. The molecule has 1 heterocycles. The second kappa shape index (κ2) is 8.12.